The smallest absolute Gasteiger partial charge is 0.239 e. The normalized spacial score (nSPS) is 19.0. The van der Waals surface area contributed by atoms with E-state index in [1.54, 1.807) is 13.3 Å². The molecule has 1 aliphatic heterocycles. The Bertz CT molecular complexity index is 554. The average molecular weight is 369 g/mol. The standard InChI is InChI=1S/C18H32N2O4Si/c1-18(2,3)25(5,6)24-13-15-14(11-19-20-17(15)21-4)12-23-16-9-7-8-10-22-16/h11,16H,7-10,12-13H2,1-6H3. The fraction of sp³-hybridized carbons (Fsp3) is 0.778. The van der Waals surface area contributed by atoms with Crippen LogP contribution in [0.5, 0.6) is 5.88 Å². The maximum atomic E-state index is 6.36. The quantitative estimate of drug-likeness (QED) is 0.677. The molecule has 0 aromatic carbocycles. The highest BCUT2D eigenvalue weighted by Gasteiger charge is 2.37. The second-order valence-corrected chi connectivity index (χ2v) is 12.8. The van der Waals surface area contributed by atoms with Crippen molar-refractivity contribution in [2.24, 2.45) is 0 Å². The second-order valence-electron chi connectivity index (χ2n) is 8.01. The van der Waals surface area contributed by atoms with Gasteiger partial charge in [-0.3, -0.25) is 0 Å². The number of ether oxygens (including phenoxy) is 3. The van der Waals surface area contributed by atoms with Gasteiger partial charge in [-0.05, 0) is 37.4 Å². The number of hydrogen-bond acceptors (Lipinski definition) is 6. The van der Waals surface area contributed by atoms with Gasteiger partial charge in [-0.1, -0.05) is 20.8 Å². The summed E-state index contributed by atoms with van der Waals surface area (Å²) in [6.45, 7) is 12.8. The van der Waals surface area contributed by atoms with Gasteiger partial charge in [0, 0.05) is 17.7 Å². The number of methoxy groups -OCH3 is 1. The van der Waals surface area contributed by atoms with Crippen molar-refractivity contribution in [3.05, 3.63) is 17.3 Å². The molecule has 142 valence electrons. The highest BCUT2D eigenvalue weighted by atomic mass is 28.4. The van der Waals surface area contributed by atoms with Gasteiger partial charge in [0.25, 0.3) is 0 Å². The van der Waals surface area contributed by atoms with Gasteiger partial charge in [-0.15, -0.1) is 5.10 Å². The lowest BCUT2D eigenvalue weighted by Crippen LogP contribution is -2.40. The molecule has 1 aromatic heterocycles. The molecule has 0 N–H and O–H groups in total. The largest absolute Gasteiger partial charge is 0.480 e. The number of nitrogens with zero attached hydrogens (tertiary/aromatic N) is 2. The van der Waals surface area contributed by atoms with Crippen LogP contribution < -0.4 is 4.74 Å². The molecule has 1 atom stereocenters. The van der Waals surface area contributed by atoms with Crippen molar-refractivity contribution in [1.82, 2.24) is 10.2 Å². The van der Waals surface area contributed by atoms with Crippen molar-refractivity contribution in [3.63, 3.8) is 0 Å². The molecule has 0 saturated carbocycles. The van der Waals surface area contributed by atoms with E-state index in [9.17, 15) is 0 Å². The molecule has 6 nitrogen and oxygen atoms in total. The van der Waals surface area contributed by atoms with Gasteiger partial charge in [0.15, 0.2) is 14.6 Å². The highest BCUT2D eigenvalue weighted by molar-refractivity contribution is 6.74. The molecule has 1 unspecified atom stereocenters. The van der Waals surface area contributed by atoms with Gasteiger partial charge < -0.3 is 18.6 Å². The first-order valence-electron chi connectivity index (χ1n) is 8.99. The minimum atomic E-state index is -1.87. The third-order valence-electron chi connectivity index (χ3n) is 5.15. The zero-order valence-electron chi connectivity index (χ0n) is 16.4. The van der Waals surface area contributed by atoms with Gasteiger partial charge in [0.05, 0.1) is 26.5 Å². The molecule has 0 aliphatic carbocycles. The van der Waals surface area contributed by atoms with Crippen LogP contribution in [0.2, 0.25) is 18.1 Å². The first-order valence-corrected chi connectivity index (χ1v) is 11.9. The van der Waals surface area contributed by atoms with Crippen molar-refractivity contribution in [2.75, 3.05) is 13.7 Å². The van der Waals surface area contributed by atoms with E-state index in [0.717, 1.165) is 37.0 Å². The first-order chi connectivity index (χ1) is 11.7. The molecule has 0 spiro atoms. The molecule has 1 aliphatic rings. The Morgan fingerprint density at radius 2 is 2.00 bits per heavy atom. The van der Waals surface area contributed by atoms with E-state index in [0.29, 0.717) is 19.1 Å². The van der Waals surface area contributed by atoms with Crippen LogP contribution in [0.15, 0.2) is 6.20 Å². The van der Waals surface area contributed by atoms with E-state index in [-0.39, 0.29) is 11.3 Å². The summed E-state index contributed by atoms with van der Waals surface area (Å²) in [5, 5.41) is 8.27. The molecule has 1 saturated heterocycles. The van der Waals surface area contributed by atoms with E-state index in [4.69, 9.17) is 18.6 Å². The molecular formula is C18H32N2O4Si. The van der Waals surface area contributed by atoms with Crippen LogP contribution in [0, 0.1) is 0 Å². The lowest BCUT2D eigenvalue weighted by atomic mass is 10.2. The van der Waals surface area contributed by atoms with Gasteiger partial charge in [-0.2, -0.15) is 5.10 Å². The summed E-state index contributed by atoms with van der Waals surface area (Å²) in [6.07, 6.45) is 4.78. The summed E-state index contributed by atoms with van der Waals surface area (Å²) < 4.78 is 23.3. The van der Waals surface area contributed by atoms with Gasteiger partial charge in [0.1, 0.15) is 0 Å². The Hall–Kier alpha value is -1.02. The molecule has 1 aromatic rings. The Kier molecular flexibility index (Phi) is 6.96. The van der Waals surface area contributed by atoms with Crippen LogP contribution in [0.1, 0.15) is 51.2 Å². The fourth-order valence-electron chi connectivity index (χ4n) is 2.36. The summed E-state index contributed by atoms with van der Waals surface area (Å²) >= 11 is 0. The van der Waals surface area contributed by atoms with Crippen molar-refractivity contribution < 1.29 is 18.6 Å². The molecule has 1 fully saturated rings. The zero-order valence-corrected chi connectivity index (χ0v) is 17.4. The first kappa shape index (κ1) is 20.3. The van der Waals surface area contributed by atoms with E-state index >= 15 is 0 Å². The molecule has 0 amide bonds. The van der Waals surface area contributed by atoms with Crippen molar-refractivity contribution in [1.29, 1.82) is 0 Å². The van der Waals surface area contributed by atoms with Crippen molar-refractivity contribution in [2.45, 2.75) is 77.7 Å². The Labute approximate surface area is 152 Å². The zero-order chi connectivity index (χ0) is 18.5. The highest BCUT2D eigenvalue weighted by Crippen LogP contribution is 2.37. The monoisotopic (exact) mass is 368 g/mol. The summed E-state index contributed by atoms with van der Waals surface area (Å²) in [5.74, 6) is 0.504. The van der Waals surface area contributed by atoms with Crippen molar-refractivity contribution >= 4 is 8.32 Å². The Balaban J connectivity index is 2.09. The predicted octanol–water partition coefficient (Wildman–Crippen LogP) is 4.05. The molecule has 2 rings (SSSR count). The SMILES string of the molecule is COc1nncc(COC2CCCCO2)c1CO[Si](C)(C)C(C)(C)C. The Morgan fingerprint density at radius 3 is 2.60 bits per heavy atom. The Morgan fingerprint density at radius 1 is 1.24 bits per heavy atom. The van der Waals surface area contributed by atoms with Crippen LogP contribution >= 0.6 is 0 Å². The van der Waals surface area contributed by atoms with E-state index in [2.05, 4.69) is 44.1 Å². The fourth-order valence-corrected chi connectivity index (χ4v) is 3.30. The van der Waals surface area contributed by atoms with Crippen LogP contribution in [0.25, 0.3) is 0 Å². The maximum absolute atomic E-state index is 6.36. The van der Waals surface area contributed by atoms with Gasteiger partial charge in [-0.25, -0.2) is 0 Å². The van der Waals surface area contributed by atoms with E-state index in [1.807, 2.05) is 0 Å². The second kappa shape index (κ2) is 8.57. The molecule has 2 heterocycles. The predicted molar refractivity (Wildman–Crippen MR) is 99.0 cm³/mol. The topological polar surface area (TPSA) is 62.7 Å². The minimum absolute atomic E-state index is 0.137. The molecule has 25 heavy (non-hydrogen) atoms. The van der Waals surface area contributed by atoms with Crippen LogP contribution in [0.4, 0.5) is 0 Å². The molecule has 0 radical (unpaired) electrons. The summed E-state index contributed by atoms with van der Waals surface area (Å²) in [7, 11) is -0.265. The number of rotatable bonds is 7. The van der Waals surface area contributed by atoms with E-state index in [1.165, 1.54) is 0 Å². The lowest BCUT2D eigenvalue weighted by Gasteiger charge is -2.36. The maximum Gasteiger partial charge on any atom is 0.239 e. The third kappa shape index (κ3) is 5.47. The summed E-state index contributed by atoms with van der Waals surface area (Å²) in [4.78, 5) is 0. The van der Waals surface area contributed by atoms with Crippen LogP contribution in [-0.2, 0) is 27.1 Å². The van der Waals surface area contributed by atoms with Crippen LogP contribution in [0.3, 0.4) is 0 Å². The number of hydrogen-bond donors (Lipinski definition) is 0. The molecule has 0 bridgehead atoms. The molecular weight excluding hydrogens is 336 g/mol. The molecule has 7 heteroatoms. The average Bonchev–Trinajstić information content (AvgIpc) is 2.58. The summed E-state index contributed by atoms with van der Waals surface area (Å²) in [5.41, 5.74) is 1.86. The van der Waals surface area contributed by atoms with Crippen LogP contribution in [-0.4, -0.2) is 38.5 Å². The minimum Gasteiger partial charge on any atom is -0.480 e. The van der Waals surface area contributed by atoms with E-state index < -0.39 is 8.32 Å². The van der Waals surface area contributed by atoms with Gasteiger partial charge in [0.2, 0.25) is 5.88 Å². The number of aromatic nitrogens is 2. The van der Waals surface area contributed by atoms with Crippen molar-refractivity contribution in [3.8, 4) is 5.88 Å². The van der Waals surface area contributed by atoms with Gasteiger partial charge >= 0.3 is 0 Å². The lowest BCUT2D eigenvalue weighted by molar-refractivity contribution is -0.169. The summed E-state index contributed by atoms with van der Waals surface area (Å²) in [6, 6.07) is 0. The third-order valence-corrected chi connectivity index (χ3v) is 9.63.